The van der Waals surface area contributed by atoms with Crippen LogP contribution in [0.1, 0.15) is 11.3 Å². The molecule has 0 spiro atoms. The Morgan fingerprint density at radius 3 is 2.83 bits per heavy atom. The van der Waals surface area contributed by atoms with Gasteiger partial charge in [0.15, 0.2) is 5.96 Å². The van der Waals surface area contributed by atoms with Gasteiger partial charge in [-0.2, -0.15) is 4.98 Å². The average Bonchev–Trinajstić information content (AvgIpc) is 3.02. The normalized spacial score (nSPS) is 10.6. The Kier molecular flexibility index (Phi) is 4.27. The fourth-order valence-electron chi connectivity index (χ4n) is 2.16. The van der Waals surface area contributed by atoms with Crippen molar-refractivity contribution in [2.75, 3.05) is 11.9 Å². The number of hydrogen-bond donors (Lipinski definition) is 5. The lowest BCUT2D eigenvalue weighted by atomic mass is 10.2. The number of guanidine groups is 1. The number of H-pyrrole nitrogens is 1. The minimum atomic E-state index is -0.0690. The van der Waals surface area contributed by atoms with Crippen LogP contribution in [0.5, 0.6) is 0 Å². The maximum atomic E-state index is 7.19. The van der Waals surface area contributed by atoms with Gasteiger partial charge in [0, 0.05) is 19.5 Å². The van der Waals surface area contributed by atoms with Crippen LogP contribution in [0.2, 0.25) is 0 Å². The molecule has 0 bridgehead atoms. The van der Waals surface area contributed by atoms with E-state index in [-0.39, 0.29) is 5.96 Å². The molecule has 9 heteroatoms. The SMILES string of the molecule is N=C(N)NCCc1nc(NCc2ccccc2)nc2nn[nH]c12. The number of rotatable bonds is 6. The summed E-state index contributed by atoms with van der Waals surface area (Å²) in [4.78, 5) is 8.84. The van der Waals surface area contributed by atoms with E-state index in [2.05, 4.69) is 36.0 Å². The number of benzene rings is 1. The van der Waals surface area contributed by atoms with Crippen LogP contribution in [0, 0.1) is 5.41 Å². The van der Waals surface area contributed by atoms with Gasteiger partial charge in [-0.15, -0.1) is 5.10 Å². The molecular formula is C14H17N9. The number of nitrogens with one attached hydrogen (secondary N) is 4. The summed E-state index contributed by atoms with van der Waals surface area (Å²) in [6.07, 6.45) is 0.572. The molecule has 0 radical (unpaired) electrons. The summed E-state index contributed by atoms with van der Waals surface area (Å²) < 4.78 is 0. The first-order valence-electron chi connectivity index (χ1n) is 7.16. The monoisotopic (exact) mass is 311 g/mol. The molecule has 0 amide bonds. The summed E-state index contributed by atoms with van der Waals surface area (Å²) in [5.74, 6) is 0.425. The van der Waals surface area contributed by atoms with E-state index in [1.165, 1.54) is 0 Å². The van der Waals surface area contributed by atoms with Crippen molar-refractivity contribution in [3.8, 4) is 0 Å². The van der Waals surface area contributed by atoms with E-state index >= 15 is 0 Å². The lowest BCUT2D eigenvalue weighted by Crippen LogP contribution is -2.32. The zero-order chi connectivity index (χ0) is 16.1. The van der Waals surface area contributed by atoms with Crippen molar-refractivity contribution in [2.45, 2.75) is 13.0 Å². The number of anilines is 1. The van der Waals surface area contributed by atoms with Gasteiger partial charge in [-0.3, -0.25) is 10.5 Å². The molecule has 0 aliphatic rings. The fourth-order valence-corrected chi connectivity index (χ4v) is 2.16. The van der Waals surface area contributed by atoms with Crippen LogP contribution in [-0.2, 0) is 13.0 Å². The predicted octanol–water partition coefficient (Wildman–Crippen LogP) is 0.386. The molecule has 118 valence electrons. The fraction of sp³-hybridized carbons (Fsp3) is 0.214. The molecule has 0 saturated carbocycles. The van der Waals surface area contributed by atoms with E-state index in [1.54, 1.807) is 0 Å². The third kappa shape index (κ3) is 3.70. The van der Waals surface area contributed by atoms with Crippen LogP contribution in [0.25, 0.3) is 11.2 Å². The van der Waals surface area contributed by atoms with Crippen molar-refractivity contribution in [3.63, 3.8) is 0 Å². The maximum absolute atomic E-state index is 7.19. The minimum Gasteiger partial charge on any atom is -0.370 e. The molecule has 2 aromatic heterocycles. The number of aromatic amines is 1. The molecule has 1 aromatic carbocycles. The zero-order valence-electron chi connectivity index (χ0n) is 12.4. The molecule has 0 unspecified atom stereocenters. The molecule has 0 aliphatic carbocycles. The highest BCUT2D eigenvalue weighted by Gasteiger charge is 2.10. The van der Waals surface area contributed by atoms with Gasteiger partial charge in [0.25, 0.3) is 0 Å². The van der Waals surface area contributed by atoms with Gasteiger partial charge < -0.3 is 16.4 Å². The van der Waals surface area contributed by atoms with Crippen molar-refractivity contribution in [2.24, 2.45) is 5.73 Å². The quantitative estimate of drug-likeness (QED) is 0.327. The highest BCUT2D eigenvalue weighted by Crippen LogP contribution is 2.14. The van der Waals surface area contributed by atoms with Crippen molar-refractivity contribution in [1.82, 2.24) is 30.7 Å². The molecule has 3 rings (SSSR count). The zero-order valence-corrected chi connectivity index (χ0v) is 12.4. The number of fused-ring (bicyclic) bond motifs is 1. The molecular weight excluding hydrogens is 294 g/mol. The number of hydrogen-bond acceptors (Lipinski definition) is 6. The Morgan fingerprint density at radius 2 is 2.04 bits per heavy atom. The molecule has 6 N–H and O–H groups in total. The average molecular weight is 311 g/mol. The first kappa shape index (κ1) is 14.7. The van der Waals surface area contributed by atoms with Crippen LogP contribution in [0.4, 0.5) is 5.95 Å². The van der Waals surface area contributed by atoms with Crippen LogP contribution in [0.3, 0.4) is 0 Å². The van der Waals surface area contributed by atoms with E-state index < -0.39 is 0 Å². The molecule has 23 heavy (non-hydrogen) atoms. The first-order chi connectivity index (χ1) is 11.2. The summed E-state index contributed by atoms with van der Waals surface area (Å²) in [5.41, 5.74) is 8.39. The highest BCUT2D eigenvalue weighted by atomic mass is 15.4. The summed E-state index contributed by atoms with van der Waals surface area (Å²) in [6, 6.07) is 10.00. The number of nitrogens with two attached hydrogens (primary N) is 1. The third-order valence-corrected chi connectivity index (χ3v) is 3.24. The maximum Gasteiger partial charge on any atom is 0.225 e. The third-order valence-electron chi connectivity index (χ3n) is 3.24. The van der Waals surface area contributed by atoms with E-state index in [1.807, 2.05) is 30.3 Å². The number of aromatic nitrogens is 5. The smallest absolute Gasteiger partial charge is 0.225 e. The standard InChI is InChI=1S/C14H17N9/c15-13(16)17-7-6-10-11-12(22-23-21-11)20-14(19-10)18-8-9-4-2-1-3-5-9/h1-5H,6-8H2,(H4,15,16,17)(H2,18,19,20,21,22,23). The summed E-state index contributed by atoms with van der Waals surface area (Å²) in [5, 5.41) is 23.7. The van der Waals surface area contributed by atoms with Gasteiger partial charge in [0.1, 0.15) is 5.52 Å². The molecule has 0 aliphatic heterocycles. The van der Waals surface area contributed by atoms with Crippen molar-refractivity contribution in [1.29, 1.82) is 5.41 Å². The van der Waals surface area contributed by atoms with Crippen molar-refractivity contribution in [3.05, 3.63) is 41.6 Å². The van der Waals surface area contributed by atoms with Crippen molar-refractivity contribution < 1.29 is 0 Å². The summed E-state index contributed by atoms with van der Waals surface area (Å²) in [7, 11) is 0. The minimum absolute atomic E-state index is 0.0690. The Bertz CT molecular complexity index is 796. The lowest BCUT2D eigenvalue weighted by Gasteiger charge is -2.08. The highest BCUT2D eigenvalue weighted by molar-refractivity contribution is 5.75. The van der Waals surface area contributed by atoms with Crippen LogP contribution < -0.4 is 16.4 Å². The van der Waals surface area contributed by atoms with Gasteiger partial charge in [-0.25, -0.2) is 4.98 Å². The second-order valence-electron chi connectivity index (χ2n) is 4.93. The molecule has 0 fully saturated rings. The van der Waals surface area contributed by atoms with E-state index in [0.717, 1.165) is 11.3 Å². The lowest BCUT2D eigenvalue weighted by molar-refractivity contribution is 0.831. The van der Waals surface area contributed by atoms with Crippen molar-refractivity contribution >= 4 is 23.1 Å². The van der Waals surface area contributed by atoms with Gasteiger partial charge in [-0.1, -0.05) is 35.5 Å². The Hall–Kier alpha value is -3.23. The van der Waals surface area contributed by atoms with Gasteiger partial charge in [-0.05, 0) is 5.56 Å². The van der Waals surface area contributed by atoms with Crippen LogP contribution in [-0.4, -0.2) is 37.9 Å². The summed E-state index contributed by atoms with van der Waals surface area (Å²) >= 11 is 0. The second-order valence-corrected chi connectivity index (χ2v) is 4.93. The molecule has 3 aromatic rings. The van der Waals surface area contributed by atoms with E-state index in [4.69, 9.17) is 11.1 Å². The Balaban J connectivity index is 1.76. The van der Waals surface area contributed by atoms with Gasteiger partial charge >= 0.3 is 0 Å². The molecule has 0 saturated heterocycles. The molecule has 2 heterocycles. The summed E-state index contributed by atoms with van der Waals surface area (Å²) in [6.45, 7) is 1.12. The van der Waals surface area contributed by atoms with E-state index in [9.17, 15) is 0 Å². The van der Waals surface area contributed by atoms with Gasteiger partial charge in [0.2, 0.25) is 11.6 Å². The molecule has 0 atom stereocenters. The topological polar surface area (TPSA) is 141 Å². The first-order valence-corrected chi connectivity index (χ1v) is 7.16. The number of nitrogens with zero attached hydrogens (tertiary/aromatic N) is 4. The second kappa shape index (κ2) is 6.69. The predicted molar refractivity (Wildman–Crippen MR) is 86.9 cm³/mol. The largest absolute Gasteiger partial charge is 0.370 e. The molecule has 9 nitrogen and oxygen atoms in total. The van der Waals surface area contributed by atoms with Gasteiger partial charge in [0.05, 0.1) is 5.69 Å². The Morgan fingerprint density at radius 1 is 1.22 bits per heavy atom. The van der Waals surface area contributed by atoms with E-state index in [0.29, 0.717) is 36.6 Å². The van der Waals surface area contributed by atoms with Crippen LogP contribution >= 0.6 is 0 Å². The Labute approximate surface area is 132 Å². The van der Waals surface area contributed by atoms with Crippen LogP contribution in [0.15, 0.2) is 30.3 Å².